The van der Waals surface area contributed by atoms with Gasteiger partial charge in [-0.25, -0.2) is 12.8 Å². The Morgan fingerprint density at radius 1 is 1.23 bits per heavy atom. The van der Waals surface area contributed by atoms with Gasteiger partial charge < -0.3 is 4.90 Å². The zero-order valence-corrected chi connectivity index (χ0v) is 19.5. The molecule has 170 valence electrons. The van der Waals surface area contributed by atoms with Crippen LogP contribution in [0.15, 0.2) is 36.7 Å². The summed E-state index contributed by atoms with van der Waals surface area (Å²) < 4.78 is 41.3. The molecule has 1 amide bonds. The predicted molar refractivity (Wildman–Crippen MR) is 122 cm³/mol. The fraction of sp³-hybridized carbons (Fsp3) is 0.478. The van der Waals surface area contributed by atoms with Crippen molar-refractivity contribution in [1.29, 1.82) is 0 Å². The molecular formula is C23H32FN3O3S. The van der Waals surface area contributed by atoms with Crippen LogP contribution in [0.4, 0.5) is 4.39 Å². The van der Waals surface area contributed by atoms with E-state index >= 15 is 0 Å². The second kappa shape index (κ2) is 11.3. The lowest BCUT2D eigenvalue weighted by Gasteiger charge is -2.19. The highest BCUT2D eigenvalue weighted by Gasteiger charge is 2.21. The third-order valence-corrected chi connectivity index (χ3v) is 6.60. The number of nitrogens with zero attached hydrogens (tertiary/aromatic N) is 2. The fourth-order valence-corrected chi connectivity index (χ4v) is 4.62. The van der Waals surface area contributed by atoms with E-state index in [1.165, 1.54) is 12.1 Å². The van der Waals surface area contributed by atoms with Crippen LogP contribution in [0.1, 0.15) is 51.2 Å². The Hall–Kier alpha value is -2.32. The number of halogens is 1. The number of sulfonamides is 1. The van der Waals surface area contributed by atoms with Crippen LogP contribution < -0.4 is 4.72 Å². The van der Waals surface area contributed by atoms with Gasteiger partial charge >= 0.3 is 0 Å². The molecule has 0 atom stereocenters. The van der Waals surface area contributed by atoms with Crippen molar-refractivity contribution in [1.82, 2.24) is 14.6 Å². The van der Waals surface area contributed by atoms with E-state index in [0.717, 1.165) is 13.1 Å². The third-order valence-electron chi connectivity index (χ3n) is 5.23. The summed E-state index contributed by atoms with van der Waals surface area (Å²) in [5.74, 6) is -1.19. The summed E-state index contributed by atoms with van der Waals surface area (Å²) in [6.45, 7) is 10.2. The summed E-state index contributed by atoms with van der Waals surface area (Å²) in [5, 5.41) is 0. The second-order valence-corrected chi connectivity index (χ2v) is 9.66. The van der Waals surface area contributed by atoms with Crippen LogP contribution in [-0.4, -0.2) is 49.6 Å². The molecule has 0 radical (unpaired) electrons. The highest BCUT2D eigenvalue weighted by molar-refractivity contribution is 7.90. The Kier molecular flexibility index (Phi) is 9.13. The quantitative estimate of drug-likeness (QED) is 0.565. The van der Waals surface area contributed by atoms with Crippen LogP contribution in [0.5, 0.6) is 0 Å². The molecule has 0 bridgehead atoms. The van der Waals surface area contributed by atoms with Crippen LogP contribution in [0.25, 0.3) is 11.1 Å². The van der Waals surface area contributed by atoms with Crippen molar-refractivity contribution in [2.45, 2.75) is 46.5 Å². The SMILES string of the molecule is CCN(CC)CCCS(=O)(=O)NC(=O)Cc1c(-c2cccnc2)cc(F)cc1C(C)C. The minimum atomic E-state index is -3.74. The van der Waals surface area contributed by atoms with Crippen molar-refractivity contribution in [3.05, 3.63) is 53.6 Å². The average Bonchev–Trinajstić information content (AvgIpc) is 2.72. The second-order valence-electron chi connectivity index (χ2n) is 7.82. The number of carbonyl (C=O) groups is 1. The van der Waals surface area contributed by atoms with E-state index in [-0.39, 0.29) is 18.1 Å². The summed E-state index contributed by atoms with van der Waals surface area (Å²) in [7, 11) is -3.74. The first kappa shape index (κ1) is 24.9. The van der Waals surface area contributed by atoms with Gasteiger partial charge in [-0.05, 0) is 66.9 Å². The molecule has 1 aromatic carbocycles. The molecule has 0 aliphatic heterocycles. The van der Waals surface area contributed by atoms with E-state index in [0.29, 0.717) is 35.2 Å². The van der Waals surface area contributed by atoms with Crippen LogP contribution in [-0.2, 0) is 21.2 Å². The number of nitrogens with one attached hydrogen (secondary N) is 1. The molecule has 1 heterocycles. The molecule has 0 saturated heterocycles. The summed E-state index contributed by atoms with van der Waals surface area (Å²) >= 11 is 0. The molecule has 1 aromatic heterocycles. The lowest BCUT2D eigenvalue weighted by atomic mass is 9.88. The number of hydrogen-bond donors (Lipinski definition) is 1. The molecule has 2 rings (SSSR count). The van der Waals surface area contributed by atoms with Crippen LogP contribution in [0.2, 0.25) is 0 Å². The van der Waals surface area contributed by atoms with Gasteiger partial charge in [0.2, 0.25) is 15.9 Å². The van der Waals surface area contributed by atoms with Gasteiger partial charge in [0.25, 0.3) is 0 Å². The summed E-state index contributed by atoms with van der Waals surface area (Å²) in [5.41, 5.74) is 2.51. The first-order valence-electron chi connectivity index (χ1n) is 10.6. The van der Waals surface area contributed by atoms with Gasteiger partial charge in [-0.2, -0.15) is 0 Å². The minimum absolute atomic E-state index is 0.0420. The molecule has 1 N–H and O–H groups in total. The van der Waals surface area contributed by atoms with Crippen molar-refractivity contribution in [2.24, 2.45) is 0 Å². The fourth-order valence-electron chi connectivity index (χ4n) is 3.59. The maximum Gasteiger partial charge on any atom is 0.237 e. The van der Waals surface area contributed by atoms with Crippen molar-refractivity contribution < 1.29 is 17.6 Å². The average molecular weight is 450 g/mol. The van der Waals surface area contributed by atoms with E-state index in [4.69, 9.17) is 0 Å². The number of aromatic nitrogens is 1. The van der Waals surface area contributed by atoms with Gasteiger partial charge in [0.1, 0.15) is 5.82 Å². The van der Waals surface area contributed by atoms with E-state index < -0.39 is 21.7 Å². The van der Waals surface area contributed by atoms with E-state index in [1.807, 2.05) is 27.7 Å². The van der Waals surface area contributed by atoms with Gasteiger partial charge in [-0.3, -0.25) is 14.5 Å². The third kappa shape index (κ3) is 7.40. The zero-order valence-electron chi connectivity index (χ0n) is 18.7. The van der Waals surface area contributed by atoms with Gasteiger partial charge in [0.15, 0.2) is 0 Å². The van der Waals surface area contributed by atoms with E-state index in [2.05, 4.69) is 14.6 Å². The largest absolute Gasteiger partial charge is 0.304 e. The number of benzene rings is 1. The summed E-state index contributed by atoms with van der Waals surface area (Å²) in [4.78, 5) is 18.9. The number of carbonyl (C=O) groups excluding carboxylic acids is 1. The Balaban J connectivity index is 2.22. The molecule has 0 unspecified atom stereocenters. The highest BCUT2D eigenvalue weighted by Crippen LogP contribution is 2.31. The van der Waals surface area contributed by atoms with E-state index in [1.54, 1.807) is 24.5 Å². The molecule has 2 aromatic rings. The molecule has 0 fully saturated rings. The van der Waals surface area contributed by atoms with Crippen LogP contribution in [0.3, 0.4) is 0 Å². The Morgan fingerprint density at radius 2 is 1.94 bits per heavy atom. The lowest BCUT2D eigenvalue weighted by molar-refractivity contribution is -0.118. The molecule has 0 aliphatic rings. The topological polar surface area (TPSA) is 79.4 Å². The predicted octanol–water partition coefficient (Wildman–Crippen LogP) is 3.73. The zero-order chi connectivity index (χ0) is 23.0. The smallest absolute Gasteiger partial charge is 0.237 e. The molecule has 6 nitrogen and oxygen atoms in total. The number of rotatable bonds is 11. The first-order chi connectivity index (χ1) is 14.7. The highest BCUT2D eigenvalue weighted by atomic mass is 32.2. The molecule has 0 spiro atoms. The Bertz CT molecular complexity index is 975. The Morgan fingerprint density at radius 3 is 2.52 bits per heavy atom. The molecule has 31 heavy (non-hydrogen) atoms. The van der Waals surface area contributed by atoms with Crippen molar-refractivity contribution in [3.8, 4) is 11.1 Å². The minimum Gasteiger partial charge on any atom is -0.304 e. The van der Waals surface area contributed by atoms with Gasteiger partial charge in [-0.1, -0.05) is 33.8 Å². The number of amides is 1. The standard InChI is InChI=1S/C23H32FN3O3S/c1-5-27(6-2)11-8-12-31(29,30)26-23(28)15-22-20(17(3)4)13-19(24)14-21(22)18-9-7-10-25-16-18/h7,9-10,13-14,16-17H,5-6,8,11-12,15H2,1-4H3,(H,26,28). The monoisotopic (exact) mass is 449 g/mol. The maximum atomic E-state index is 14.3. The molecule has 0 aliphatic carbocycles. The Labute approximate surface area is 184 Å². The first-order valence-corrected chi connectivity index (χ1v) is 12.3. The molecule has 8 heteroatoms. The number of hydrogen-bond acceptors (Lipinski definition) is 5. The summed E-state index contributed by atoms with van der Waals surface area (Å²) in [6.07, 6.45) is 3.50. The van der Waals surface area contributed by atoms with Crippen molar-refractivity contribution in [3.63, 3.8) is 0 Å². The molecule has 0 saturated carbocycles. The van der Waals surface area contributed by atoms with Crippen molar-refractivity contribution >= 4 is 15.9 Å². The number of pyridine rings is 1. The van der Waals surface area contributed by atoms with Gasteiger partial charge in [-0.15, -0.1) is 0 Å². The van der Waals surface area contributed by atoms with Gasteiger partial charge in [0.05, 0.1) is 12.2 Å². The normalized spacial score (nSPS) is 11.8. The van der Waals surface area contributed by atoms with E-state index in [9.17, 15) is 17.6 Å². The van der Waals surface area contributed by atoms with Crippen LogP contribution in [0, 0.1) is 5.82 Å². The summed E-state index contributed by atoms with van der Waals surface area (Å²) in [6, 6.07) is 6.30. The van der Waals surface area contributed by atoms with Crippen molar-refractivity contribution in [2.75, 3.05) is 25.4 Å². The maximum absolute atomic E-state index is 14.3. The molecular weight excluding hydrogens is 417 g/mol. The van der Waals surface area contributed by atoms with Crippen LogP contribution >= 0.6 is 0 Å². The van der Waals surface area contributed by atoms with Gasteiger partial charge in [0, 0.05) is 18.0 Å². The lowest BCUT2D eigenvalue weighted by Crippen LogP contribution is -2.35.